The number of nitrogens with one attached hydrogen (secondary N) is 1. The number of aryl methyl sites for hydroxylation is 1. The van der Waals surface area contributed by atoms with Crippen LogP contribution in [0.3, 0.4) is 0 Å². The highest BCUT2D eigenvalue weighted by Crippen LogP contribution is 2.31. The van der Waals surface area contributed by atoms with E-state index in [1.165, 1.54) is 0 Å². The van der Waals surface area contributed by atoms with Gasteiger partial charge in [0.2, 0.25) is 0 Å². The Labute approximate surface area is 231 Å². The molecule has 40 heavy (non-hydrogen) atoms. The Bertz CT molecular complexity index is 1620. The van der Waals surface area contributed by atoms with Crippen molar-refractivity contribution >= 4 is 10.9 Å². The van der Waals surface area contributed by atoms with E-state index in [0.717, 1.165) is 53.0 Å². The molecule has 4 heterocycles. The molecule has 0 amide bonds. The Balaban J connectivity index is 1.48. The third kappa shape index (κ3) is 5.54. The number of rotatable bonds is 10. The van der Waals surface area contributed by atoms with E-state index in [1.54, 1.807) is 18.1 Å². The third-order valence-electron chi connectivity index (χ3n) is 7.38. The number of benzene rings is 2. The number of H-pyrrole nitrogens is 1. The van der Waals surface area contributed by atoms with Gasteiger partial charge in [-0.2, -0.15) is 0 Å². The number of furan rings is 1. The van der Waals surface area contributed by atoms with Gasteiger partial charge in [-0.1, -0.05) is 24.3 Å². The summed E-state index contributed by atoms with van der Waals surface area (Å²) in [6.45, 7) is 4.20. The molecule has 6 rings (SSSR count). The van der Waals surface area contributed by atoms with Crippen molar-refractivity contribution in [1.82, 2.24) is 30.1 Å². The Hall–Kier alpha value is -4.28. The van der Waals surface area contributed by atoms with Crippen molar-refractivity contribution in [3.63, 3.8) is 0 Å². The number of methoxy groups -OCH3 is 1. The molecule has 2 aromatic carbocycles. The van der Waals surface area contributed by atoms with Gasteiger partial charge in [0.25, 0.3) is 5.56 Å². The molecule has 206 valence electrons. The smallest absolute Gasteiger partial charge is 0.253 e. The molecule has 1 aliphatic heterocycles. The summed E-state index contributed by atoms with van der Waals surface area (Å²) in [7, 11) is 1.65. The summed E-state index contributed by atoms with van der Waals surface area (Å²) in [5, 5.41) is 13.8. The van der Waals surface area contributed by atoms with Crippen molar-refractivity contribution < 1.29 is 13.9 Å². The lowest BCUT2D eigenvalue weighted by Gasteiger charge is -2.30. The Kier molecular flexibility index (Phi) is 7.43. The third-order valence-corrected chi connectivity index (χ3v) is 7.38. The number of aromatic nitrogens is 5. The molecule has 2 unspecified atom stereocenters. The highest BCUT2D eigenvalue weighted by Gasteiger charge is 2.32. The predicted octanol–water partition coefficient (Wildman–Crippen LogP) is 4.40. The van der Waals surface area contributed by atoms with Crippen molar-refractivity contribution in [3.8, 4) is 5.75 Å². The van der Waals surface area contributed by atoms with E-state index in [0.29, 0.717) is 31.0 Å². The summed E-state index contributed by atoms with van der Waals surface area (Å²) in [5.74, 6) is 2.12. The summed E-state index contributed by atoms with van der Waals surface area (Å²) in [4.78, 5) is 19.0. The minimum absolute atomic E-state index is 0.0286. The van der Waals surface area contributed by atoms with Crippen molar-refractivity contribution in [1.29, 1.82) is 0 Å². The monoisotopic (exact) mass is 540 g/mol. The fourth-order valence-electron chi connectivity index (χ4n) is 5.36. The molecule has 0 aliphatic carbocycles. The number of pyridine rings is 1. The lowest BCUT2D eigenvalue weighted by Crippen LogP contribution is -2.35. The maximum Gasteiger partial charge on any atom is 0.253 e. The van der Waals surface area contributed by atoms with E-state index in [1.807, 2.05) is 67.6 Å². The SMILES string of the molecule is COc1ccc(CN(Cc2ccco2)C(c2cc3ccc(C)cc3[nH]c2=O)c2nnnn2CC2CCCO2)cc1. The summed E-state index contributed by atoms with van der Waals surface area (Å²) < 4.78 is 18.8. The van der Waals surface area contributed by atoms with Crippen LogP contribution in [0.25, 0.3) is 10.9 Å². The van der Waals surface area contributed by atoms with E-state index in [4.69, 9.17) is 13.9 Å². The molecule has 1 saturated heterocycles. The summed E-state index contributed by atoms with van der Waals surface area (Å²) in [6.07, 6.45) is 3.64. The molecule has 10 nitrogen and oxygen atoms in total. The van der Waals surface area contributed by atoms with Crippen LogP contribution in [0.15, 0.2) is 76.1 Å². The lowest BCUT2D eigenvalue weighted by atomic mass is 10.0. The van der Waals surface area contributed by atoms with Gasteiger partial charge < -0.3 is 18.9 Å². The van der Waals surface area contributed by atoms with Gasteiger partial charge in [0.05, 0.1) is 32.6 Å². The van der Waals surface area contributed by atoms with Crippen LogP contribution in [0.2, 0.25) is 0 Å². The second-order valence-corrected chi connectivity index (χ2v) is 10.2. The summed E-state index contributed by atoms with van der Waals surface area (Å²) in [6, 6.07) is 19.1. The van der Waals surface area contributed by atoms with Crippen LogP contribution < -0.4 is 10.3 Å². The molecular formula is C30H32N6O4. The number of hydrogen-bond donors (Lipinski definition) is 1. The Morgan fingerprint density at radius 2 is 2.02 bits per heavy atom. The molecule has 0 spiro atoms. The minimum Gasteiger partial charge on any atom is -0.497 e. The number of nitrogens with zero attached hydrogens (tertiary/aromatic N) is 5. The quantitative estimate of drug-likeness (QED) is 0.278. The molecule has 3 aromatic heterocycles. The molecule has 1 N–H and O–H groups in total. The molecule has 0 radical (unpaired) electrons. The number of hydrogen-bond acceptors (Lipinski definition) is 8. The van der Waals surface area contributed by atoms with Gasteiger partial charge in [0.15, 0.2) is 5.82 Å². The van der Waals surface area contributed by atoms with Gasteiger partial charge in [-0.05, 0) is 83.1 Å². The van der Waals surface area contributed by atoms with Crippen LogP contribution in [0.4, 0.5) is 0 Å². The van der Waals surface area contributed by atoms with Gasteiger partial charge in [-0.3, -0.25) is 9.69 Å². The standard InChI is InChI=1S/C30H32N6O4/c1-20-7-10-22-16-26(30(37)31-27(22)15-20)28(29-32-33-34-36(29)19-25-6-4-14-40-25)35(18-24-5-3-13-39-24)17-21-8-11-23(38-2)12-9-21/h3,5,7-13,15-16,25,28H,4,6,14,17-19H2,1-2H3,(H,31,37). The lowest BCUT2D eigenvalue weighted by molar-refractivity contribution is 0.0901. The fourth-order valence-corrected chi connectivity index (χ4v) is 5.36. The zero-order valence-electron chi connectivity index (χ0n) is 22.6. The Morgan fingerprint density at radius 3 is 2.77 bits per heavy atom. The normalized spacial score (nSPS) is 16.1. The van der Waals surface area contributed by atoms with E-state index in [-0.39, 0.29) is 11.7 Å². The minimum atomic E-state index is -0.571. The van der Waals surface area contributed by atoms with E-state index < -0.39 is 6.04 Å². The Morgan fingerprint density at radius 1 is 1.15 bits per heavy atom. The van der Waals surface area contributed by atoms with Crippen molar-refractivity contribution in [2.45, 2.75) is 51.5 Å². The van der Waals surface area contributed by atoms with Crippen LogP contribution in [0.1, 0.15) is 47.2 Å². The topological polar surface area (TPSA) is 111 Å². The van der Waals surface area contributed by atoms with Crippen molar-refractivity contribution in [2.75, 3.05) is 13.7 Å². The molecular weight excluding hydrogens is 508 g/mol. The molecule has 1 fully saturated rings. The molecule has 2 atom stereocenters. The van der Waals surface area contributed by atoms with Crippen LogP contribution in [0, 0.1) is 6.92 Å². The molecule has 0 bridgehead atoms. The van der Waals surface area contributed by atoms with Gasteiger partial charge in [0, 0.05) is 24.2 Å². The van der Waals surface area contributed by atoms with Crippen LogP contribution >= 0.6 is 0 Å². The maximum atomic E-state index is 13.8. The highest BCUT2D eigenvalue weighted by atomic mass is 16.5. The van der Waals surface area contributed by atoms with Gasteiger partial charge >= 0.3 is 0 Å². The summed E-state index contributed by atoms with van der Waals surface area (Å²) in [5.41, 5.74) is 3.28. The number of tetrazole rings is 1. The van der Waals surface area contributed by atoms with Crippen LogP contribution in [-0.2, 0) is 24.4 Å². The molecule has 10 heteroatoms. The van der Waals surface area contributed by atoms with E-state index >= 15 is 0 Å². The molecule has 0 saturated carbocycles. The van der Waals surface area contributed by atoms with Crippen molar-refractivity contribution in [2.24, 2.45) is 0 Å². The first-order chi connectivity index (χ1) is 19.6. The average molecular weight is 541 g/mol. The van der Waals surface area contributed by atoms with Crippen LogP contribution in [-0.4, -0.2) is 49.9 Å². The zero-order valence-corrected chi connectivity index (χ0v) is 22.6. The van der Waals surface area contributed by atoms with Crippen molar-refractivity contribution in [3.05, 3.63) is 106 Å². The van der Waals surface area contributed by atoms with E-state index in [9.17, 15) is 4.79 Å². The largest absolute Gasteiger partial charge is 0.497 e. The summed E-state index contributed by atoms with van der Waals surface area (Å²) >= 11 is 0. The number of ether oxygens (including phenoxy) is 2. The van der Waals surface area contributed by atoms with Crippen LogP contribution in [0.5, 0.6) is 5.75 Å². The first-order valence-corrected chi connectivity index (χ1v) is 13.5. The van der Waals surface area contributed by atoms with E-state index in [2.05, 4.69) is 25.4 Å². The molecule has 1 aliphatic rings. The fraction of sp³-hybridized carbons (Fsp3) is 0.333. The maximum absolute atomic E-state index is 13.8. The second kappa shape index (κ2) is 11.4. The second-order valence-electron chi connectivity index (χ2n) is 10.2. The van der Waals surface area contributed by atoms with Gasteiger partial charge in [0.1, 0.15) is 17.6 Å². The zero-order chi connectivity index (χ0) is 27.5. The van der Waals surface area contributed by atoms with Gasteiger partial charge in [-0.15, -0.1) is 5.10 Å². The first kappa shape index (κ1) is 26.0. The van der Waals surface area contributed by atoms with Gasteiger partial charge in [-0.25, -0.2) is 4.68 Å². The number of aromatic amines is 1. The highest BCUT2D eigenvalue weighted by molar-refractivity contribution is 5.79. The first-order valence-electron chi connectivity index (χ1n) is 13.5. The molecule has 5 aromatic rings. The average Bonchev–Trinajstić information content (AvgIpc) is 3.75. The number of fused-ring (bicyclic) bond motifs is 1. The predicted molar refractivity (Wildman–Crippen MR) is 149 cm³/mol.